The predicted octanol–water partition coefficient (Wildman–Crippen LogP) is 3.04. The molecule has 0 saturated heterocycles. The fourth-order valence-corrected chi connectivity index (χ4v) is 1.87. The summed E-state index contributed by atoms with van der Waals surface area (Å²) in [5, 5.41) is 0. The van der Waals surface area contributed by atoms with Crippen molar-refractivity contribution in [3.63, 3.8) is 0 Å². The molecule has 2 atom stereocenters. The van der Waals surface area contributed by atoms with E-state index in [-0.39, 0.29) is 0 Å². The number of aromatic nitrogens is 1. The molecule has 1 aliphatic carbocycles. The zero-order valence-electron chi connectivity index (χ0n) is 9.36. The average Bonchev–Trinajstić information content (AvgIpc) is 2.99. The highest BCUT2D eigenvalue weighted by molar-refractivity contribution is 5.25. The monoisotopic (exact) mass is 203 g/mol. The van der Waals surface area contributed by atoms with Gasteiger partial charge < -0.3 is 4.74 Å². The molecular weight excluding hydrogens is 186 g/mol. The molecule has 0 bridgehead atoms. The van der Waals surface area contributed by atoms with Gasteiger partial charge in [0.05, 0.1) is 12.4 Å². The Labute approximate surface area is 91.0 Å². The van der Waals surface area contributed by atoms with Gasteiger partial charge in [-0.3, -0.25) is 4.98 Å². The highest BCUT2D eigenvalue weighted by atomic mass is 16.5. The molecule has 1 aromatic rings. The third-order valence-corrected chi connectivity index (χ3v) is 2.85. The summed E-state index contributed by atoms with van der Waals surface area (Å²) in [4.78, 5) is 4.44. The van der Waals surface area contributed by atoms with Gasteiger partial charge in [0.1, 0.15) is 0 Å². The molecule has 0 amide bonds. The zero-order chi connectivity index (χ0) is 10.8. The predicted molar refractivity (Wildman–Crippen MR) is 60.6 cm³/mol. The standard InChI is InChI=1S/C13H17NO/c1-4-15-10(3)11-7-12(11)13-6-5-9(2)8-14-13/h5-6,8,11-12H,3-4,7H2,1-2H3. The lowest BCUT2D eigenvalue weighted by Gasteiger charge is -2.05. The second-order valence-corrected chi connectivity index (χ2v) is 4.11. The summed E-state index contributed by atoms with van der Waals surface area (Å²) in [5.41, 5.74) is 2.38. The number of nitrogens with zero attached hydrogens (tertiary/aromatic N) is 1. The van der Waals surface area contributed by atoms with E-state index < -0.39 is 0 Å². The minimum Gasteiger partial charge on any atom is -0.499 e. The van der Waals surface area contributed by atoms with Gasteiger partial charge in [0.25, 0.3) is 0 Å². The van der Waals surface area contributed by atoms with Crippen molar-refractivity contribution in [1.82, 2.24) is 4.98 Å². The Hall–Kier alpha value is -1.31. The molecule has 1 saturated carbocycles. The molecule has 2 nitrogen and oxygen atoms in total. The number of aryl methyl sites for hydroxylation is 1. The Morgan fingerprint density at radius 3 is 3.00 bits per heavy atom. The summed E-state index contributed by atoms with van der Waals surface area (Å²) in [5.74, 6) is 1.94. The van der Waals surface area contributed by atoms with Crippen LogP contribution >= 0.6 is 0 Å². The van der Waals surface area contributed by atoms with Gasteiger partial charge in [0, 0.05) is 23.7 Å². The Morgan fingerprint density at radius 2 is 2.40 bits per heavy atom. The second kappa shape index (κ2) is 4.05. The minimum atomic E-state index is 0.486. The molecule has 1 heterocycles. The van der Waals surface area contributed by atoms with Gasteiger partial charge in [0.2, 0.25) is 0 Å². The lowest BCUT2D eigenvalue weighted by atomic mass is 10.2. The molecule has 2 rings (SSSR count). The summed E-state index contributed by atoms with van der Waals surface area (Å²) in [7, 11) is 0. The van der Waals surface area contributed by atoms with Gasteiger partial charge in [-0.15, -0.1) is 0 Å². The zero-order valence-corrected chi connectivity index (χ0v) is 9.36. The first kappa shape index (κ1) is 10.2. The number of pyridine rings is 1. The third kappa shape index (κ3) is 2.20. The molecule has 0 spiro atoms. The summed E-state index contributed by atoms with van der Waals surface area (Å²) in [6.07, 6.45) is 3.06. The summed E-state index contributed by atoms with van der Waals surface area (Å²) in [6, 6.07) is 4.22. The molecule has 1 aliphatic rings. The van der Waals surface area contributed by atoms with Crippen molar-refractivity contribution in [2.45, 2.75) is 26.2 Å². The fourth-order valence-electron chi connectivity index (χ4n) is 1.87. The highest BCUT2D eigenvalue weighted by Gasteiger charge is 2.42. The van der Waals surface area contributed by atoms with Crippen LogP contribution in [0.2, 0.25) is 0 Å². The van der Waals surface area contributed by atoms with Crippen molar-refractivity contribution in [3.05, 3.63) is 41.9 Å². The van der Waals surface area contributed by atoms with Crippen molar-refractivity contribution >= 4 is 0 Å². The largest absolute Gasteiger partial charge is 0.499 e. The van der Waals surface area contributed by atoms with Gasteiger partial charge in [-0.25, -0.2) is 0 Å². The van der Waals surface area contributed by atoms with E-state index in [1.807, 2.05) is 13.1 Å². The molecular formula is C13H17NO. The molecule has 0 radical (unpaired) electrons. The van der Waals surface area contributed by atoms with Crippen LogP contribution in [0.15, 0.2) is 30.7 Å². The second-order valence-electron chi connectivity index (χ2n) is 4.11. The molecule has 1 fully saturated rings. The van der Waals surface area contributed by atoms with Crippen molar-refractivity contribution in [1.29, 1.82) is 0 Å². The van der Waals surface area contributed by atoms with Crippen LogP contribution < -0.4 is 0 Å². The number of allylic oxidation sites excluding steroid dienone is 1. The highest BCUT2D eigenvalue weighted by Crippen LogP contribution is 2.50. The lowest BCUT2D eigenvalue weighted by molar-refractivity contribution is 0.213. The maximum Gasteiger partial charge on any atom is 0.0925 e. The van der Waals surface area contributed by atoms with Crippen LogP contribution in [-0.2, 0) is 4.74 Å². The van der Waals surface area contributed by atoms with Crippen molar-refractivity contribution in [2.24, 2.45) is 5.92 Å². The molecule has 0 aliphatic heterocycles. The molecule has 2 unspecified atom stereocenters. The maximum atomic E-state index is 5.42. The van der Waals surface area contributed by atoms with Gasteiger partial charge in [-0.1, -0.05) is 12.6 Å². The van der Waals surface area contributed by atoms with E-state index in [0.29, 0.717) is 18.4 Å². The van der Waals surface area contributed by atoms with Crippen molar-refractivity contribution in [3.8, 4) is 0 Å². The van der Waals surface area contributed by atoms with Crippen LogP contribution in [0.25, 0.3) is 0 Å². The van der Waals surface area contributed by atoms with Crippen LogP contribution in [0.4, 0.5) is 0 Å². The van der Waals surface area contributed by atoms with Gasteiger partial charge in [-0.2, -0.15) is 0 Å². The van der Waals surface area contributed by atoms with E-state index in [1.54, 1.807) is 0 Å². The number of hydrogen-bond donors (Lipinski definition) is 0. The van der Waals surface area contributed by atoms with E-state index in [9.17, 15) is 0 Å². The lowest BCUT2D eigenvalue weighted by Crippen LogP contribution is -1.95. The molecule has 80 valence electrons. The van der Waals surface area contributed by atoms with Crippen LogP contribution in [0.1, 0.15) is 30.5 Å². The van der Waals surface area contributed by atoms with E-state index in [4.69, 9.17) is 4.74 Å². The number of hydrogen-bond acceptors (Lipinski definition) is 2. The Morgan fingerprint density at radius 1 is 1.60 bits per heavy atom. The Kier molecular flexibility index (Phi) is 2.76. The summed E-state index contributed by atoms with van der Waals surface area (Å²) >= 11 is 0. The average molecular weight is 203 g/mol. The third-order valence-electron chi connectivity index (χ3n) is 2.85. The summed E-state index contributed by atoms with van der Waals surface area (Å²) < 4.78 is 5.42. The van der Waals surface area contributed by atoms with E-state index in [0.717, 1.165) is 12.2 Å². The first-order valence-electron chi connectivity index (χ1n) is 5.46. The minimum absolute atomic E-state index is 0.486. The normalized spacial score (nSPS) is 23.6. The summed E-state index contributed by atoms with van der Waals surface area (Å²) in [6.45, 7) is 8.71. The first-order valence-corrected chi connectivity index (χ1v) is 5.46. The molecule has 1 aromatic heterocycles. The van der Waals surface area contributed by atoms with Crippen LogP contribution in [0.5, 0.6) is 0 Å². The molecule has 0 N–H and O–H groups in total. The maximum absolute atomic E-state index is 5.42. The molecule has 15 heavy (non-hydrogen) atoms. The van der Waals surface area contributed by atoms with Crippen molar-refractivity contribution in [2.75, 3.05) is 6.61 Å². The van der Waals surface area contributed by atoms with Crippen LogP contribution in [-0.4, -0.2) is 11.6 Å². The Bertz CT molecular complexity index is 355. The smallest absolute Gasteiger partial charge is 0.0925 e. The fraction of sp³-hybridized carbons (Fsp3) is 0.462. The first-order chi connectivity index (χ1) is 7.22. The van der Waals surface area contributed by atoms with Crippen molar-refractivity contribution < 1.29 is 4.74 Å². The van der Waals surface area contributed by atoms with Crippen LogP contribution in [0, 0.1) is 12.8 Å². The number of ether oxygens (including phenoxy) is 1. The van der Waals surface area contributed by atoms with E-state index >= 15 is 0 Å². The van der Waals surface area contributed by atoms with Crippen LogP contribution in [0.3, 0.4) is 0 Å². The quantitative estimate of drug-likeness (QED) is 0.702. The topological polar surface area (TPSA) is 22.1 Å². The van der Waals surface area contributed by atoms with Gasteiger partial charge in [-0.05, 0) is 31.9 Å². The van der Waals surface area contributed by atoms with Gasteiger partial charge >= 0.3 is 0 Å². The van der Waals surface area contributed by atoms with E-state index in [1.165, 1.54) is 11.3 Å². The molecule has 0 aromatic carbocycles. The molecule has 2 heteroatoms. The van der Waals surface area contributed by atoms with Gasteiger partial charge in [0.15, 0.2) is 0 Å². The van der Waals surface area contributed by atoms with E-state index in [2.05, 4.69) is 30.6 Å². The SMILES string of the molecule is C=C(OCC)C1CC1c1ccc(C)cn1. The Balaban J connectivity index is 1.98. The number of rotatable bonds is 4.